The van der Waals surface area contributed by atoms with E-state index < -0.39 is 21.7 Å². The number of aromatic hydroxyl groups is 1. The van der Waals surface area contributed by atoms with Gasteiger partial charge in [-0.25, -0.2) is 8.42 Å². The van der Waals surface area contributed by atoms with Gasteiger partial charge in [0.1, 0.15) is 5.75 Å². The van der Waals surface area contributed by atoms with E-state index in [9.17, 15) is 18.3 Å². The normalized spacial score (nSPS) is 11.5. The number of sulfonamides is 1. The molecule has 0 saturated carbocycles. The first-order valence-corrected chi connectivity index (χ1v) is 8.56. The maximum atomic E-state index is 12.5. The first-order valence-electron chi connectivity index (χ1n) is 6.70. The third-order valence-electron chi connectivity index (χ3n) is 3.43. The van der Waals surface area contributed by atoms with Gasteiger partial charge in [0.05, 0.1) is 21.2 Å². The van der Waals surface area contributed by atoms with Crippen molar-refractivity contribution in [3.63, 3.8) is 0 Å². The Kier molecular flexibility index (Phi) is 3.86. The molecule has 0 fully saturated rings. The number of hydrogen-bond acceptors (Lipinski definition) is 4. The molecule has 1 amide bonds. The molecule has 7 nitrogen and oxygen atoms in total. The molecule has 0 bridgehead atoms. The minimum Gasteiger partial charge on any atom is -0.507 e. The van der Waals surface area contributed by atoms with Crippen LogP contribution in [0.1, 0.15) is 10.4 Å². The number of fused-ring (bicyclic) bond motifs is 1. The number of amides is 1. The van der Waals surface area contributed by atoms with E-state index in [1.165, 1.54) is 0 Å². The number of carbonyl (C=O) groups excluding carboxylic acids is 1. The summed E-state index contributed by atoms with van der Waals surface area (Å²) < 4.78 is 27.4. The maximum Gasteiger partial charge on any atom is 0.261 e. The highest BCUT2D eigenvalue weighted by molar-refractivity contribution is 7.92. The quantitative estimate of drug-likeness (QED) is 0.566. The molecule has 0 unspecified atom stereocenters. The van der Waals surface area contributed by atoms with Crippen molar-refractivity contribution in [2.24, 2.45) is 5.73 Å². The molecule has 1 heterocycles. The Labute approximate surface area is 142 Å². The lowest BCUT2D eigenvalue weighted by Crippen LogP contribution is -2.16. The van der Waals surface area contributed by atoms with Crippen LogP contribution in [-0.4, -0.2) is 24.4 Å². The van der Waals surface area contributed by atoms with Gasteiger partial charge in [-0.3, -0.25) is 9.52 Å². The largest absolute Gasteiger partial charge is 0.507 e. The minimum absolute atomic E-state index is 0.181. The molecule has 0 aliphatic rings. The predicted molar refractivity (Wildman–Crippen MR) is 90.7 cm³/mol. The topological polar surface area (TPSA) is 125 Å². The zero-order valence-corrected chi connectivity index (χ0v) is 13.6. The number of aromatic amines is 1. The second-order valence-corrected chi connectivity index (χ2v) is 7.14. The fourth-order valence-corrected chi connectivity index (χ4v) is 3.61. The number of hydrogen-bond donors (Lipinski definition) is 4. The van der Waals surface area contributed by atoms with Crippen molar-refractivity contribution in [1.29, 1.82) is 0 Å². The highest BCUT2D eigenvalue weighted by Gasteiger charge is 2.19. The van der Waals surface area contributed by atoms with Crippen LogP contribution < -0.4 is 10.5 Å². The minimum atomic E-state index is -4.03. The molecule has 24 heavy (non-hydrogen) atoms. The molecule has 0 spiro atoms. The van der Waals surface area contributed by atoms with Gasteiger partial charge in [-0.1, -0.05) is 11.6 Å². The highest BCUT2D eigenvalue weighted by atomic mass is 35.5. The van der Waals surface area contributed by atoms with Gasteiger partial charge in [-0.2, -0.15) is 0 Å². The summed E-state index contributed by atoms with van der Waals surface area (Å²) in [5.74, 6) is -1.33. The molecule has 3 rings (SSSR count). The summed E-state index contributed by atoms with van der Waals surface area (Å²) in [6.07, 6.45) is 1.71. The second-order valence-electron chi connectivity index (χ2n) is 5.05. The average Bonchev–Trinajstić information content (AvgIpc) is 2.94. The number of carbonyl (C=O) groups is 1. The molecule has 0 aliphatic heterocycles. The van der Waals surface area contributed by atoms with Crippen molar-refractivity contribution in [1.82, 2.24) is 4.98 Å². The lowest BCUT2D eigenvalue weighted by atomic mass is 10.2. The van der Waals surface area contributed by atoms with Crippen LogP contribution in [0.3, 0.4) is 0 Å². The number of benzene rings is 2. The van der Waals surface area contributed by atoms with E-state index in [-0.39, 0.29) is 21.2 Å². The van der Waals surface area contributed by atoms with Gasteiger partial charge in [-0.15, -0.1) is 0 Å². The van der Waals surface area contributed by atoms with Crippen molar-refractivity contribution in [3.05, 3.63) is 53.2 Å². The number of aromatic nitrogens is 1. The van der Waals surface area contributed by atoms with Gasteiger partial charge in [0.25, 0.3) is 15.9 Å². The van der Waals surface area contributed by atoms with Crippen molar-refractivity contribution in [2.45, 2.75) is 4.90 Å². The average molecular weight is 366 g/mol. The van der Waals surface area contributed by atoms with Crippen LogP contribution in [0.15, 0.2) is 47.5 Å². The number of H-pyrrole nitrogens is 1. The zero-order chi connectivity index (χ0) is 17.5. The fraction of sp³-hybridized carbons (Fsp3) is 0. The van der Waals surface area contributed by atoms with Crippen LogP contribution in [0.5, 0.6) is 5.75 Å². The van der Waals surface area contributed by atoms with Crippen molar-refractivity contribution < 1.29 is 18.3 Å². The van der Waals surface area contributed by atoms with E-state index in [1.54, 1.807) is 24.4 Å². The summed E-state index contributed by atoms with van der Waals surface area (Å²) in [7, 11) is -4.03. The number of nitrogens with one attached hydrogen (secondary N) is 2. The molecule has 3 aromatic rings. The first kappa shape index (κ1) is 16.2. The molecule has 1 aromatic heterocycles. The highest BCUT2D eigenvalue weighted by Crippen LogP contribution is 2.30. The van der Waals surface area contributed by atoms with Crippen LogP contribution in [-0.2, 0) is 10.0 Å². The molecule has 124 valence electrons. The smallest absolute Gasteiger partial charge is 0.261 e. The molecule has 9 heteroatoms. The predicted octanol–water partition coefficient (Wildman–Crippen LogP) is 2.43. The second kappa shape index (κ2) is 5.73. The van der Waals surface area contributed by atoms with Gasteiger partial charge >= 0.3 is 0 Å². The van der Waals surface area contributed by atoms with E-state index in [1.807, 2.05) is 0 Å². The molecule has 0 atom stereocenters. The van der Waals surface area contributed by atoms with Gasteiger partial charge in [0.2, 0.25) is 0 Å². The molecule has 5 N–H and O–H groups in total. The Morgan fingerprint density at radius 1 is 1.21 bits per heavy atom. The molecular weight excluding hydrogens is 354 g/mol. The van der Waals surface area contributed by atoms with Crippen molar-refractivity contribution >= 4 is 44.1 Å². The SMILES string of the molecule is NC(=O)c1cc(S(=O)(=O)Nc2cc3[nH]ccc3cc2Cl)ccc1O. The van der Waals surface area contributed by atoms with E-state index in [4.69, 9.17) is 17.3 Å². The van der Waals surface area contributed by atoms with Crippen LogP contribution >= 0.6 is 11.6 Å². The van der Waals surface area contributed by atoms with Crippen molar-refractivity contribution in [3.8, 4) is 5.75 Å². The summed E-state index contributed by atoms with van der Waals surface area (Å²) in [6, 6.07) is 8.23. The van der Waals surface area contributed by atoms with Crippen molar-refractivity contribution in [2.75, 3.05) is 4.72 Å². The van der Waals surface area contributed by atoms with Crippen LogP contribution in [0.4, 0.5) is 5.69 Å². The summed E-state index contributed by atoms with van der Waals surface area (Å²) in [5.41, 5.74) is 5.72. The summed E-state index contributed by atoms with van der Waals surface area (Å²) in [6.45, 7) is 0. The third kappa shape index (κ3) is 2.89. The van der Waals surface area contributed by atoms with E-state index in [0.717, 1.165) is 23.6 Å². The molecule has 0 aliphatic carbocycles. The number of rotatable bonds is 4. The Morgan fingerprint density at radius 2 is 1.96 bits per heavy atom. The fourth-order valence-electron chi connectivity index (χ4n) is 2.23. The lowest BCUT2D eigenvalue weighted by molar-refractivity contribution is 0.0997. The Hall–Kier alpha value is -2.71. The van der Waals surface area contributed by atoms with E-state index >= 15 is 0 Å². The monoisotopic (exact) mass is 365 g/mol. The number of phenols is 1. The van der Waals surface area contributed by atoms with Crippen LogP contribution in [0.2, 0.25) is 5.02 Å². The lowest BCUT2D eigenvalue weighted by Gasteiger charge is -2.11. The maximum absolute atomic E-state index is 12.5. The number of halogens is 1. The van der Waals surface area contributed by atoms with Crippen LogP contribution in [0, 0.1) is 0 Å². The standard InChI is InChI=1S/C15H12ClN3O4S/c16-11-5-8-3-4-18-12(8)7-13(11)19-24(22,23)9-1-2-14(20)10(6-9)15(17)21/h1-7,18-20H,(H2,17,21). The number of primary amides is 1. The molecular formula is C15H12ClN3O4S. The van der Waals surface area contributed by atoms with Gasteiger partial charge in [0.15, 0.2) is 0 Å². The van der Waals surface area contributed by atoms with Gasteiger partial charge < -0.3 is 15.8 Å². The number of anilines is 1. The number of nitrogens with two attached hydrogens (primary N) is 1. The summed E-state index contributed by atoms with van der Waals surface area (Å²) >= 11 is 6.11. The summed E-state index contributed by atoms with van der Waals surface area (Å²) in [4.78, 5) is 14.0. The first-order chi connectivity index (χ1) is 11.3. The van der Waals surface area contributed by atoms with Gasteiger partial charge in [-0.05, 0) is 36.4 Å². The summed E-state index contributed by atoms with van der Waals surface area (Å²) in [5, 5.41) is 10.6. The Morgan fingerprint density at radius 3 is 2.67 bits per heavy atom. The van der Waals surface area contributed by atoms with Gasteiger partial charge in [0, 0.05) is 17.1 Å². The zero-order valence-electron chi connectivity index (χ0n) is 12.1. The molecule has 0 radical (unpaired) electrons. The van der Waals surface area contributed by atoms with Crippen LogP contribution in [0.25, 0.3) is 10.9 Å². The molecule has 2 aromatic carbocycles. The molecule has 0 saturated heterocycles. The van der Waals surface area contributed by atoms with E-state index in [0.29, 0.717) is 5.52 Å². The Balaban J connectivity index is 2.03. The van der Waals surface area contributed by atoms with E-state index in [2.05, 4.69) is 9.71 Å². The third-order valence-corrected chi connectivity index (χ3v) is 5.10. The Bertz CT molecular complexity index is 1060.